The van der Waals surface area contributed by atoms with Crippen LogP contribution in [0, 0.1) is 0 Å². The molecule has 3 heteroatoms. The molecular formula is C6H13NO2. The first-order valence-electron chi connectivity index (χ1n) is 3.38. The van der Waals surface area contributed by atoms with E-state index in [0.29, 0.717) is 6.10 Å². The summed E-state index contributed by atoms with van der Waals surface area (Å²) in [4.78, 5) is 0. The number of hydrogen-bond acceptors (Lipinski definition) is 3. The quantitative estimate of drug-likeness (QED) is 0.549. The van der Waals surface area contributed by atoms with Crippen LogP contribution in [0.5, 0.6) is 0 Å². The first-order chi connectivity index (χ1) is 4.36. The fourth-order valence-electron chi connectivity index (χ4n) is 1.04. The first-order valence-corrected chi connectivity index (χ1v) is 3.38. The fraction of sp³-hybridized carbons (Fsp3) is 1.00. The second kappa shape index (κ2) is 3.15. The maximum atomic E-state index is 8.37. The Balaban J connectivity index is 1.98. The van der Waals surface area contributed by atoms with Crippen molar-refractivity contribution in [2.75, 3.05) is 6.61 Å². The molecular weight excluding hydrogens is 118 g/mol. The van der Waals surface area contributed by atoms with Gasteiger partial charge in [-0.15, -0.1) is 0 Å². The lowest BCUT2D eigenvalue weighted by Crippen LogP contribution is -2.43. The van der Waals surface area contributed by atoms with Crippen molar-refractivity contribution in [2.45, 2.75) is 31.9 Å². The van der Waals surface area contributed by atoms with Gasteiger partial charge in [0.25, 0.3) is 0 Å². The van der Waals surface area contributed by atoms with Gasteiger partial charge in [-0.1, -0.05) is 0 Å². The molecule has 1 aliphatic carbocycles. The summed E-state index contributed by atoms with van der Waals surface area (Å²) in [6.45, 7) is 2.77. The molecule has 1 aliphatic rings. The lowest BCUT2D eigenvalue weighted by atomic mass is 9.90. The Kier molecular flexibility index (Phi) is 2.45. The number of rotatable bonds is 3. The predicted octanol–water partition coefficient (Wildman–Crippen LogP) is 0.533. The highest BCUT2D eigenvalue weighted by atomic mass is 16.5. The van der Waals surface area contributed by atoms with Crippen LogP contribution < -0.4 is 5.48 Å². The van der Waals surface area contributed by atoms with Gasteiger partial charge in [-0.25, -0.2) is 5.48 Å². The van der Waals surface area contributed by atoms with Crippen molar-refractivity contribution in [2.24, 2.45) is 0 Å². The third kappa shape index (κ3) is 1.64. The molecule has 9 heavy (non-hydrogen) atoms. The SMILES string of the molecule is CCOC1CC(NO)C1. The highest BCUT2D eigenvalue weighted by Gasteiger charge is 2.28. The summed E-state index contributed by atoms with van der Waals surface area (Å²) >= 11 is 0. The van der Waals surface area contributed by atoms with Gasteiger partial charge in [-0.3, -0.25) is 0 Å². The fourth-order valence-corrected chi connectivity index (χ4v) is 1.04. The van der Waals surface area contributed by atoms with E-state index in [-0.39, 0.29) is 6.04 Å². The summed E-state index contributed by atoms with van der Waals surface area (Å²) in [6.07, 6.45) is 2.29. The summed E-state index contributed by atoms with van der Waals surface area (Å²) in [5, 5.41) is 8.37. The van der Waals surface area contributed by atoms with Gasteiger partial charge in [0.05, 0.1) is 6.10 Å². The molecule has 1 fully saturated rings. The Labute approximate surface area is 55.0 Å². The molecule has 0 radical (unpaired) electrons. The summed E-state index contributed by atoms with van der Waals surface area (Å²) in [5.74, 6) is 0. The Hall–Kier alpha value is -0.120. The van der Waals surface area contributed by atoms with Gasteiger partial charge in [0, 0.05) is 12.6 Å². The zero-order chi connectivity index (χ0) is 6.69. The molecule has 1 rings (SSSR count). The van der Waals surface area contributed by atoms with E-state index in [2.05, 4.69) is 5.48 Å². The zero-order valence-corrected chi connectivity index (χ0v) is 5.63. The molecule has 0 spiro atoms. The Morgan fingerprint density at radius 1 is 1.67 bits per heavy atom. The van der Waals surface area contributed by atoms with Crippen LogP contribution in [-0.2, 0) is 4.74 Å². The average Bonchev–Trinajstić information content (AvgIpc) is 1.77. The van der Waals surface area contributed by atoms with E-state index >= 15 is 0 Å². The molecule has 0 atom stereocenters. The van der Waals surface area contributed by atoms with Gasteiger partial charge in [0.2, 0.25) is 0 Å². The minimum absolute atomic E-state index is 0.279. The smallest absolute Gasteiger partial charge is 0.0606 e. The van der Waals surface area contributed by atoms with Crippen molar-refractivity contribution in [3.8, 4) is 0 Å². The lowest BCUT2D eigenvalue weighted by molar-refractivity contribution is -0.0429. The zero-order valence-electron chi connectivity index (χ0n) is 5.63. The highest BCUT2D eigenvalue weighted by Crippen LogP contribution is 2.22. The van der Waals surface area contributed by atoms with Crippen LogP contribution in [0.1, 0.15) is 19.8 Å². The van der Waals surface area contributed by atoms with Crippen LogP contribution in [0.4, 0.5) is 0 Å². The molecule has 0 saturated heterocycles. The van der Waals surface area contributed by atoms with Crippen molar-refractivity contribution in [3.05, 3.63) is 0 Å². The molecule has 3 nitrogen and oxygen atoms in total. The standard InChI is InChI=1S/C6H13NO2/c1-2-9-6-3-5(4-6)7-8/h5-8H,2-4H2,1H3. The predicted molar refractivity (Wildman–Crippen MR) is 33.4 cm³/mol. The van der Waals surface area contributed by atoms with Crippen molar-refractivity contribution >= 4 is 0 Å². The van der Waals surface area contributed by atoms with Crippen LogP contribution in [-0.4, -0.2) is 24.0 Å². The normalized spacial score (nSPS) is 34.0. The molecule has 0 aromatic carbocycles. The average molecular weight is 131 g/mol. The first kappa shape index (κ1) is 6.99. The van der Waals surface area contributed by atoms with E-state index in [0.717, 1.165) is 19.4 Å². The minimum atomic E-state index is 0.279. The van der Waals surface area contributed by atoms with E-state index in [1.807, 2.05) is 6.92 Å². The molecule has 0 aliphatic heterocycles. The van der Waals surface area contributed by atoms with Crippen molar-refractivity contribution < 1.29 is 9.94 Å². The van der Waals surface area contributed by atoms with Crippen LogP contribution in [0.3, 0.4) is 0 Å². The van der Waals surface area contributed by atoms with Crippen LogP contribution in [0.15, 0.2) is 0 Å². The number of hydroxylamine groups is 1. The molecule has 54 valence electrons. The molecule has 0 aromatic heterocycles. The van der Waals surface area contributed by atoms with Gasteiger partial charge in [0.15, 0.2) is 0 Å². The second-order valence-electron chi connectivity index (χ2n) is 2.37. The van der Waals surface area contributed by atoms with E-state index in [1.165, 1.54) is 0 Å². The van der Waals surface area contributed by atoms with E-state index in [9.17, 15) is 0 Å². The molecule has 0 aromatic rings. The Bertz CT molecular complexity index is 81.1. The topological polar surface area (TPSA) is 41.5 Å². The number of hydrogen-bond donors (Lipinski definition) is 2. The van der Waals surface area contributed by atoms with Gasteiger partial charge in [-0.05, 0) is 19.8 Å². The van der Waals surface area contributed by atoms with E-state index < -0.39 is 0 Å². The maximum absolute atomic E-state index is 8.37. The van der Waals surface area contributed by atoms with Crippen molar-refractivity contribution in [1.82, 2.24) is 5.48 Å². The summed E-state index contributed by atoms with van der Waals surface area (Å²) in [6, 6.07) is 0.279. The summed E-state index contributed by atoms with van der Waals surface area (Å²) < 4.78 is 5.26. The van der Waals surface area contributed by atoms with E-state index in [1.54, 1.807) is 0 Å². The van der Waals surface area contributed by atoms with Gasteiger partial charge in [-0.2, -0.15) is 0 Å². The van der Waals surface area contributed by atoms with Gasteiger partial charge in [0.1, 0.15) is 0 Å². The molecule has 0 unspecified atom stereocenters. The van der Waals surface area contributed by atoms with Crippen molar-refractivity contribution in [3.63, 3.8) is 0 Å². The molecule has 0 amide bonds. The second-order valence-corrected chi connectivity index (χ2v) is 2.37. The minimum Gasteiger partial charge on any atom is -0.378 e. The summed E-state index contributed by atoms with van der Waals surface area (Å²) in [7, 11) is 0. The lowest BCUT2D eigenvalue weighted by Gasteiger charge is -2.33. The van der Waals surface area contributed by atoms with Gasteiger partial charge >= 0.3 is 0 Å². The number of ether oxygens (including phenoxy) is 1. The molecule has 0 heterocycles. The summed E-state index contributed by atoms with van der Waals surface area (Å²) in [5.41, 5.74) is 2.21. The third-order valence-corrected chi connectivity index (χ3v) is 1.68. The largest absolute Gasteiger partial charge is 0.378 e. The number of nitrogens with one attached hydrogen (secondary N) is 1. The van der Waals surface area contributed by atoms with Crippen LogP contribution >= 0.6 is 0 Å². The Morgan fingerprint density at radius 2 is 2.33 bits per heavy atom. The molecule has 2 N–H and O–H groups in total. The monoisotopic (exact) mass is 131 g/mol. The molecule has 1 saturated carbocycles. The molecule has 0 bridgehead atoms. The Morgan fingerprint density at radius 3 is 2.78 bits per heavy atom. The highest BCUT2D eigenvalue weighted by molar-refractivity contribution is 4.83. The van der Waals surface area contributed by atoms with Gasteiger partial charge < -0.3 is 9.94 Å². The maximum Gasteiger partial charge on any atom is 0.0606 e. The van der Waals surface area contributed by atoms with E-state index in [4.69, 9.17) is 9.94 Å². The van der Waals surface area contributed by atoms with Crippen LogP contribution in [0.2, 0.25) is 0 Å². The third-order valence-electron chi connectivity index (χ3n) is 1.68. The van der Waals surface area contributed by atoms with Crippen LogP contribution in [0.25, 0.3) is 0 Å². The van der Waals surface area contributed by atoms with Crippen molar-refractivity contribution in [1.29, 1.82) is 0 Å².